The number of ether oxygens (including phenoxy) is 2. The summed E-state index contributed by atoms with van der Waals surface area (Å²) in [6.45, 7) is 8.52. The lowest BCUT2D eigenvalue weighted by Crippen LogP contribution is -2.52. The Hall–Kier alpha value is -0.810. The first-order chi connectivity index (χ1) is 7.83. The quantitative estimate of drug-likeness (QED) is 0.798. The molecule has 0 aromatic rings. The minimum absolute atomic E-state index is 0.0137. The Morgan fingerprint density at radius 3 is 2.71 bits per heavy atom. The molecule has 0 aliphatic carbocycles. The van der Waals surface area contributed by atoms with Crippen molar-refractivity contribution in [2.24, 2.45) is 0 Å². The number of hydrogen-bond acceptors (Lipinski definition) is 4. The van der Waals surface area contributed by atoms with Gasteiger partial charge in [0.25, 0.3) is 0 Å². The van der Waals surface area contributed by atoms with Gasteiger partial charge < -0.3 is 19.5 Å². The normalized spacial score (nSPS) is 25.8. The lowest BCUT2D eigenvalue weighted by molar-refractivity contribution is -0.0712. The number of morpholine rings is 1. The molecule has 0 saturated carbocycles. The van der Waals surface area contributed by atoms with Crippen LogP contribution >= 0.6 is 0 Å². The molecule has 1 amide bonds. The van der Waals surface area contributed by atoms with E-state index in [9.17, 15) is 4.79 Å². The highest BCUT2D eigenvalue weighted by Crippen LogP contribution is 2.18. The molecule has 0 bridgehead atoms. The van der Waals surface area contributed by atoms with Crippen molar-refractivity contribution < 1.29 is 19.4 Å². The van der Waals surface area contributed by atoms with Gasteiger partial charge in [0.1, 0.15) is 5.60 Å². The molecule has 1 heterocycles. The summed E-state index contributed by atoms with van der Waals surface area (Å²) in [4.78, 5) is 13.6. The first kappa shape index (κ1) is 14.3. The molecule has 1 saturated heterocycles. The molecule has 5 heteroatoms. The average Bonchev–Trinajstić information content (AvgIpc) is 2.18. The third-order valence-electron chi connectivity index (χ3n) is 2.58. The SMILES string of the molecule is C[C@H]1CO[C@@H](CCO)CN1C(=O)OC(C)(C)C. The summed E-state index contributed by atoms with van der Waals surface area (Å²) < 4.78 is 10.9. The van der Waals surface area contributed by atoms with E-state index < -0.39 is 5.60 Å². The van der Waals surface area contributed by atoms with Crippen molar-refractivity contribution in [3.8, 4) is 0 Å². The summed E-state index contributed by atoms with van der Waals surface area (Å²) in [7, 11) is 0. The van der Waals surface area contributed by atoms with Crippen molar-refractivity contribution in [3.05, 3.63) is 0 Å². The largest absolute Gasteiger partial charge is 0.444 e. The van der Waals surface area contributed by atoms with Crippen LogP contribution in [-0.2, 0) is 9.47 Å². The van der Waals surface area contributed by atoms with Crippen molar-refractivity contribution in [3.63, 3.8) is 0 Å². The van der Waals surface area contributed by atoms with E-state index in [2.05, 4.69) is 0 Å². The number of aliphatic hydroxyl groups excluding tert-OH is 1. The van der Waals surface area contributed by atoms with Crippen LogP contribution in [0.1, 0.15) is 34.1 Å². The van der Waals surface area contributed by atoms with Crippen molar-refractivity contribution in [1.29, 1.82) is 0 Å². The van der Waals surface area contributed by atoms with Gasteiger partial charge in [-0.15, -0.1) is 0 Å². The Bertz CT molecular complexity index is 262. The average molecular weight is 245 g/mol. The molecule has 1 aliphatic heterocycles. The Morgan fingerprint density at radius 1 is 1.53 bits per heavy atom. The summed E-state index contributed by atoms with van der Waals surface area (Å²) in [6, 6.07) is 0.0137. The molecule has 1 aliphatic rings. The first-order valence-electron chi connectivity index (χ1n) is 6.05. The number of carbonyl (C=O) groups is 1. The number of hydrogen-bond donors (Lipinski definition) is 1. The molecular weight excluding hydrogens is 222 g/mol. The van der Waals surface area contributed by atoms with Crippen molar-refractivity contribution in [1.82, 2.24) is 4.90 Å². The molecule has 1 rings (SSSR count). The van der Waals surface area contributed by atoms with Gasteiger partial charge in [-0.25, -0.2) is 4.79 Å². The zero-order valence-electron chi connectivity index (χ0n) is 11.1. The highest BCUT2D eigenvalue weighted by molar-refractivity contribution is 5.68. The van der Waals surface area contributed by atoms with Gasteiger partial charge in [0.15, 0.2) is 0 Å². The predicted octanol–water partition coefficient (Wildman–Crippen LogP) is 1.39. The van der Waals surface area contributed by atoms with E-state index in [0.717, 1.165) is 0 Å². The standard InChI is InChI=1S/C12H23NO4/c1-9-8-16-10(5-6-14)7-13(9)11(15)17-12(2,3)4/h9-10,14H,5-8H2,1-4H3/t9-,10-/m0/s1. The number of nitrogens with zero attached hydrogens (tertiary/aromatic N) is 1. The van der Waals surface area contributed by atoms with Crippen LogP contribution in [0, 0.1) is 0 Å². The summed E-state index contributed by atoms with van der Waals surface area (Å²) in [6.07, 6.45) is 0.145. The fourth-order valence-electron chi connectivity index (χ4n) is 1.71. The van der Waals surface area contributed by atoms with E-state index in [0.29, 0.717) is 19.6 Å². The van der Waals surface area contributed by atoms with Gasteiger partial charge in [0.2, 0.25) is 0 Å². The fourth-order valence-corrected chi connectivity index (χ4v) is 1.71. The van der Waals surface area contributed by atoms with E-state index in [-0.39, 0.29) is 24.8 Å². The van der Waals surface area contributed by atoms with Crippen LogP contribution in [0.2, 0.25) is 0 Å². The smallest absolute Gasteiger partial charge is 0.410 e. The van der Waals surface area contributed by atoms with Crippen molar-refractivity contribution in [2.75, 3.05) is 19.8 Å². The van der Waals surface area contributed by atoms with E-state index in [1.54, 1.807) is 4.90 Å². The van der Waals surface area contributed by atoms with Crippen LogP contribution in [0.4, 0.5) is 4.79 Å². The number of amides is 1. The molecule has 0 aromatic heterocycles. The van der Waals surface area contributed by atoms with E-state index in [1.165, 1.54) is 0 Å². The molecule has 0 unspecified atom stereocenters. The molecule has 1 fully saturated rings. The second kappa shape index (κ2) is 5.69. The van der Waals surface area contributed by atoms with Crippen LogP contribution in [-0.4, -0.2) is 53.6 Å². The fraction of sp³-hybridized carbons (Fsp3) is 0.917. The summed E-state index contributed by atoms with van der Waals surface area (Å²) in [5.41, 5.74) is -0.485. The van der Waals surface area contributed by atoms with Gasteiger partial charge in [-0.1, -0.05) is 0 Å². The van der Waals surface area contributed by atoms with Crippen LogP contribution in [0.3, 0.4) is 0 Å². The monoisotopic (exact) mass is 245 g/mol. The van der Waals surface area contributed by atoms with Crippen LogP contribution < -0.4 is 0 Å². The van der Waals surface area contributed by atoms with Gasteiger partial charge in [-0.3, -0.25) is 0 Å². The molecule has 0 aromatic carbocycles. The van der Waals surface area contributed by atoms with E-state index in [1.807, 2.05) is 27.7 Å². The Morgan fingerprint density at radius 2 is 2.18 bits per heavy atom. The topological polar surface area (TPSA) is 59.0 Å². The third kappa shape index (κ3) is 4.52. The van der Waals surface area contributed by atoms with Gasteiger partial charge in [-0.05, 0) is 34.1 Å². The highest BCUT2D eigenvalue weighted by atomic mass is 16.6. The first-order valence-corrected chi connectivity index (χ1v) is 6.05. The Kier molecular flexibility index (Phi) is 4.77. The third-order valence-corrected chi connectivity index (χ3v) is 2.58. The maximum atomic E-state index is 12.0. The Balaban J connectivity index is 2.57. The minimum Gasteiger partial charge on any atom is -0.444 e. The summed E-state index contributed by atoms with van der Waals surface area (Å²) in [5.74, 6) is 0. The van der Waals surface area contributed by atoms with Crippen LogP contribution in [0.15, 0.2) is 0 Å². The molecule has 2 atom stereocenters. The lowest BCUT2D eigenvalue weighted by atomic mass is 10.1. The second-order valence-electron chi connectivity index (χ2n) is 5.45. The summed E-state index contributed by atoms with van der Waals surface area (Å²) >= 11 is 0. The van der Waals surface area contributed by atoms with Crippen LogP contribution in [0.25, 0.3) is 0 Å². The lowest BCUT2D eigenvalue weighted by Gasteiger charge is -2.38. The number of carbonyl (C=O) groups excluding carboxylic acids is 1. The van der Waals surface area contributed by atoms with Crippen LogP contribution in [0.5, 0.6) is 0 Å². The maximum Gasteiger partial charge on any atom is 0.410 e. The molecule has 0 spiro atoms. The zero-order chi connectivity index (χ0) is 13.1. The van der Waals surface area contributed by atoms with Gasteiger partial charge in [0.05, 0.1) is 25.3 Å². The Labute approximate surface area is 103 Å². The predicted molar refractivity (Wildman–Crippen MR) is 63.8 cm³/mol. The van der Waals surface area contributed by atoms with E-state index >= 15 is 0 Å². The number of aliphatic hydroxyl groups is 1. The number of rotatable bonds is 2. The molecule has 17 heavy (non-hydrogen) atoms. The van der Waals surface area contributed by atoms with Crippen molar-refractivity contribution >= 4 is 6.09 Å². The van der Waals surface area contributed by atoms with Gasteiger partial charge >= 0.3 is 6.09 Å². The molecular formula is C12H23NO4. The molecule has 0 radical (unpaired) electrons. The molecule has 1 N–H and O–H groups in total. The van der Waals surface area contributed by atoms with Gasteiger partial charge in [-0.2, -0.15) is 0 Å². The highest BCUT2D eigenvalue weighted by Gasteiger charge is 2.32. The second-order valence-corrected chi connectivity index (χ2v) is 5.45. The van der Waals surface area contributed by atoms with Crippen molar-refractivity contribution in [2.45, 2.75) is 51.9 Å². The minimum atomic E-state index is -0.485. The summed E-state index contributed by atoms with van der Waals surface area (Å²) in [5, 5.41) is 8.88. The zero-order valence-corrected chi connectivity index (χ0v) is 11.1. The van der Waals surface area contributed by atoms with E-state index in [4.69, 9.17) is 14.6 Å². The molecule has 5 nitrogen and oxygen atoms in total. The maximum absolute atomic E-state index is 12.0. The molecule has 100 valence electrons. The van der Waals surface area contributed by atoms with Gasteiger partial charge in [0, 0.05) is 6.61 Å².